The molecule has 21 heavy (non-hydrogen) atoms. The van der Waals surface area contributed by atoms with Crippen molar-refractivity contribution >= 4 is 12.0 Å². The van der Waals surface area contributed by atoms with E-state index in [9.17, 15) is 14.0 Å². The number of carbonyl (C=O) groups excluding carboxylic acids is 1. The van der Waals surface area contributed by atoms with Crippen molar-refractivity contribution in [2.45, 2.75) is 39.8 Å². The molecule has 6 heteroatoms. The van der Waals surface area contributed by atoms with Gasteiger partial charge in [-0.2, -0.15) is 0 Å². The molecule has 0 aliphatic heterocycles. The highest BCUT2D eigenvalue weighted by molar-refractivity contribution is 5.83. The van der Waals surface area contributed by atoms with Gasteiger partial charge in [0.05, 0.1) is 6.04 Å². The van der Waals surface area contributed by atoms with Gasteiger partial charge < -0.3 is 15.7 Å². The van der Waals surface area contributed by atoms with E-state index in [-0.39, 0.29) is 11.9 Å². The molecule has 0 bridgehead atoms. The lowest BCUT2D eigenvalue weighted by Crippen LogP contribution is -2.52. The Morgan fingerprint density at radius 1 is 1.14 bits per heavy atom. The first-order chi connectivity index (χ1) is 9.61. The third-order valence-electron chi connectivity index (χ3n) is 3.11. The molecular formula is C15H21FN2O3. The molecule has 1 aromatic carbocycles. The molecule has 0 heterocycles. The lowest BCUT2D eigenvalue weighted by Gasteiger charge is -2.28. The molecule has 1 unspecified atom stereocenters. The number of benzene rings is 1. The second-order valence-electron chi connectivity index (χ2n) is 6.03. The number of urea groups is 1. The number of aliphatic carboxylic acids is 1. The second kappa shape index (κ2) is 6.56. The van der Waals surface area contributed by atoms with Crippen LogP contribution < -0.4 is 10.6 Å². The monoisotopic (exact) mass is 296 g/mol. The average Bonchev–Trinajstić information content (AvgIpc) is 2.35. The molecule has 0 saturated carbocycles. The van der Waals surface area contributed by atoms with Gasteiger partial charge in [0, 0.05) is 0 Å². The largest absolute Gasteiger partial charge is 0.480 e. The van der Waals surface area contributed by atoms with Crippen molar-refractivity contribution in [3.63, 3.8) is 0 Å². The smallest absolute Gasteiger partial charge is 0.326 e. The van der Waals surface area contributed by atoms with Crippen LogP contribution in [0.5, 0.6) is 0 Å². The highest BCUT2D eigenvalue weighted by Gasteiger charge is 2.32. The van der Waals surface area contributed by atoms with Crippen molar-refractivity contribution in [2.24, 2.45) is 5.41 Å². The van der Waals surface area contributed by atoms with Crippen LogP contribution in [0.25, 0.3) is 0 Å². The molecule has 3 N–H and O–H groups in total. The Morgan fingerprint density at radius 2 is 1.67 bits per heavy atom. The summed E-state index contributed by atoms with van der Waals surface area (Å²) in [4.78, 5) is 23.1. The van der Waals surface area contributed by atoms with Crippen LogP contribution in [0.3, 0.4) is 0 Å². The quantitative estimate of drug-likeness (QED) is 0.799. The van der Waals surface area contributed by atoms with Gasteiger partial charge in [0.25, 0.3) is 0 Å². The van der Waals surface area contributed by atoms with Crippen LogP contribution in [0.4, 0.5) is 9.18 Å². The molecule has 0 spiro atoms. The molecule has 0 saturated heterocycles. The number of carbonyl (C=O) groups is 2. The maximum atomic E-state index is 12.8. The van der Waals surface area contributed by atoms with Gasteiger partial charge in [0.15, 0.2) is 0 Å². The molecule has 116 valence electrons. The van der Waals surface area contributed by atoms with E-state index < -0.39 is 23.5 Å². The lowest BCUT2D eigenvalue weighted by atomic mass is 9.87. The SMILES string of the molecule is CC(NC(=O)N[C@H](C(=O)O)C(C)(C)C)c1ccc(F)cc1. The van der Waals surface area contributed by atoms with Gasteiger partial charge in [0.2, 0.25) is 0 Å². The van der Waals surface area contributed by atoms with Crippen LogP contribution in [-0.4, -0.2) is 23.1 Å². The molecule has 1 aromatic rings. The Bertz CT molecular complexity index is 509. The number of carboxylic acid groups (broad SMARTS) is 1. The summed E-state index contributed by atoms with van der Waals surface area (Å²) in [5.74, 6) is -1.44. The van der Waals surface area contributed by atoms with E-state index >= 15 is 0 Å². The molecular weight excluding hydrogens is 275 g/mol. The first-order valence-electron chi connectivity index (χ1n) is 6.66. The highest BCUT2D eigenvalue weighted by Crippen LogP contribution is 2.19. The van der Waals surface area contributed by atoms with Crippen molar-refractivity contribution in [3.05, 3.63) is 35.6 Å². The highest BCUT2D eigenvalue weighted by atomic mass is 19.1. The van der Waals surface area contributed by atoms with Gasteiger partial charge >= 0.3 is 12.0 Å². The standard InChI is InChI=1S/C15H21FN2O3/c1-9(10-5-7-11(16)8-6-10)17-14(21)18-12(13(19)20)15(2,3)4/h5-9,12H,1-4H3,(H,19,20)(H2,17,18,21)/t9?,12-/m1/s1. The van der Waals surface area contributed by atoms with E-state index in [0.29, 0.717) is 0 Å². The number of halogens is 1. The predicted molar refractivity (Wildman–Crippen MR) is 77.4 cm³/mol. The number of amides is 2. The molecule has 5 nitrogen and oxygen atoms in total. The minimum Gasteiger partial charge on any atom is -0.480 e. The average molecular weight is 296 g/mol. The minimum atomic E-state index is -1.09. The minimum absolute atomic E-state index is 0.353. The van der Waals surface area contributed by atoms with Crippen LogP contribution in [0, 0.1) is 11.2 Å². The third kappa shape index (κ3) is 5.06. The predicted octanol–water partition coefficient (Wildman–Crippen LogP) is 2.69. The summed E-state index contributed by atoms with van der Waals surface area (Å²) < 4.78 is 12.8. The zero-order valence-corrected chi connectivity index (χ0v) is 12.6. The fourth-order valence-electron chi connectivity index (χ4n) is 1.85. The molecule has 1 rings (SSSR count). The van der Waals surface area contributed by atoms with Gasteiger partial charge in [-0.1, -0.05) is 32.9 Å². The van der Waals surface area contributed by atoms with E-state index in [1.807, 2.05) is 0 Å². The summed E-state index contributed by atoms with van der Waals surface area (Å²) in [6.07, 6.45) is 0. The summed E-state index contributed by atoms with van der Waals surface area (Å²) in [5.41, 5.74) is 0.122. The summed E-state index contributed by atoms with van der Waals surface area (Å²) in [7, 11) is 0. The molecule has 0 radical (unpaired) electrons. The van der Waals surface area contributed by atoms with Crippen molar-refractivity contribution in [3.8, 4) is 0 Å². The molecule has 0 aromatic heterocycles. The van der Waals surface area contributed by atoms with Crippen LogP contribution in [0.15, 0.2) is 24.3 Å². The summed E-state index contributed by atoms with van der Waals surface area (Å²) in [6, 6.07) is 3.81. The maximum absolute atomic E-state index is 12.8. The van der Waals surface area contributed by atoms with Gasteiger partial charge in [0.1, 0.15) is 11.9 Å². The van der Waals surface area contributed by atoms with Crippen molar-refractivity contribution in [1.29, 1.82) is 0 Å². The third-order valence-corrected chi connectivity index (χ3v) is 3.11. The number of rotatable bonds is 4. The molecule has 0 aliphatic rings. The van der Waals surface area contributed by atoms with Crippen molar-refractivity contribution in [1.82, 2.24) is 10.6 Å². The Kier molecular flexibility index (Phi) is 5.29. The first-order valence-corrected chi connectivity index (χ1v) is 6.66. The zero-order chi connectivity index (χ0) is 16.2. The molecule has 0 aliphatic carbocycles. The Labute approximate surface area is 123 Å². The van der Waals surface area contributed by atoms with Gasteiger partial charge in [-0.15, -0.1) is 0 Å². The number of carboxylic acids is 1. The fourth-order valence-corrected chi connectivity index (χ4v) is 1.85. The number of hydrogen-bond donors (Lipinski definition) is 3. The Morgan fingerprint density at radius 3 is 2.10 bits per heavy atom. The number of hydrogen-bond acceptors (Lipinski definition) is 2. The van der Waals surface area contributed by atoms with Crippen molar-refractivity contribution in [2.75, 3.05) is 0 Å². The van der Waals surface area contributed by atoms with Crippen LogP contribution in [-0.2, 0) is 4.79 Å². The summed E-state index contributed by atoms with van der Waals surface area (Å²) >= 11 is 0. The normalized spacial score (nSPS) is 14.1. The van der Waals surface area contributed by atoms with E-state index in [0.717, 1.165) is 5.56 Å². The van der Waals surface area contributed by atoms with Gasteiger partial charge in [-0.25, -0.2) is 14.0 Å². The van der Waals surface area contributed by atoms with E-state index in [4.69, 9.17) is 5.11 Å². The topological polar surface area (TPSA) is 78.4 Å². The van der Waals surface area contributed by atoms with Gasteiger partial charge in [-0.3, -0.25) is 0 Å². The summed E-state index contributed by atoms with van der Waals surface area (Å²) in [5, 5.41) is 14.2. The zero-order valence-electron chi connectivity index (χ0n) is 12.6. The summed E-state index contributed by atoms with van der Waals surface area (Å²) in [6.45, 7) is 6.93. The Hall–Kier alpha value is -2.11. The van der Waals surface area contributed by atoms with Crippen LogP contribution in [0.2, 0.25) is 0 Å². The first kappa shape index (κ1) is 16.9. The van der Waals surface area contributed by atoms with E-state index in [2.05, 4.69) is 10.6 Å². The molecule has 2 atom stereocenters. The van der Waals surface area contributed by atoms with Crippen LogP contribution in [0.1, 0.15) is 39.3 Å². The van der Waals surface area contributed by atoms with Crippen LogP contribution >= 0.6 is 0 Å². The second-order valence-corrected chi connectivity index (χ2v) is 6.03. The van der Waals surface area contributed by atoms with E-state index in [1.165, 1.54) is 12.1 Å². The lowest BCUT2D eigenvalue weighted by molar-refractivity contribution is -0.141. The maximum Gasteiger partial charge on any atom is 0.326 e. The molecule has 2 amide bonds. The van der Waals surface area contributed by atoms with Gasteiger partial charge in [-0.05, 0) is 30.0 Å². The molecule has 0 fully saturated rings. The number of nitrogens with one attached hydrogen (secondary N) is 2. The Balaban J connectivity index is 2.68. The fraction of sp³-hybridized carbons (Fsp3) is 0.467. The van der Waals surface area contributed by atoms with Crippen molar-refractivity contribution < 1.29 is 19.1 Å². The van der Waals surface area contributed by atoms with E-state index in [1.54, 1.807) is 39.8 Å².